The van der Waals surface area contributed by atoms with Crippen LogP contribution in [0.2, 0.25) is 0 Å². The van der Waals surface area contributed by atoms with Crippen molar-refractivity contribution in [3.63, 3.8) is 0 Å². The maximum absolute atomic E-state index is 12.8. The lowest BCUT2D eigenvalue weighted by Gasteiger charge is -2.17. The number of para-hydroxylation sites is 1. The minimum absolute atomic E-state index is 0.00648. The van der Waals surface area contributed by atoms with E-state index >= 15 is 0 Å². The lowest BCUT2D eigenvalue weighted by atomic mass is 10.1. The van der Waals surface area contributed by atoms with Crippen molar-refractivity contribution in [2.75, 3.05) is 23.9 Å². The first-order valence-electron chi connectivity index (χ1n) is 11.0. The number of carbonyl (C=O) groups excluding carboxylic acids is 3. The molecule has 2 amide bonds. The van der Waals surface area contributed by atoms with Crippen LogP contribution in [0.4, 0.5) is 11.4 Å². The maximum atomic E-state index is 12.8. The molecule has 0 aliphatic rings. The van der Waals surface area contributed by atoms with Gasteiger partial charge < -0.3 is 15.0 Å². The number of benzene rings is 3. The van der Waals surface area contributed by atoms with Crippen LogP contribution >= 0.6 is 0 Å². The van der Waals surface area contributed by atoms with Gasteiger partial charge in [0, 0.05) is 30.4 Å². The van der Waals surface area contributed by atoms with Gasteiger partial charge in [-0.3, -0.25) is 14.4 Å². The van der Waals surface area contributed by atoms with Crippen LogP contribution in [0.25, 0.3) is 0 Å². The largest absolute Gasteiger partial charge is 0.466 e. The van der Waals surface area contributed by atoms with Gasteiger partial charge >= 0.3 is 5.97 Å². The third-order valence-electron chi connectivity index (χ3n) is 5.11. The van der Waals surface area contributed by atoms with Crippen LogP contribution in [0.5, 0.6) is 0 Å². The zero-order chi connectivity index (χ0) is 23.5. The zero-order valence-corrected chi connectivity index (χ0v) is 18.7. The molecule has 0 atom stereocenters. The monoisotopic (exact) mass is 444 g/mol. The molecular weight excluding hydrogens is 416 g/mol. The highest BCUT2D eigenvalue weighted by atomic mass is 16.5. The smallest absolute Gasteiger partial charge is 0.306 e. The van der Waals surface area contributed by atoms with Gasteiger partial charge in [-0.1, -0.05) is 54.6 Å². The van der Waals surface area contributed by atoms with E-state index in [1.807, 2.05) is 60.7 Å². The Kier molecular flexibility index (Phi) is 8.77. The Morgan fingerprint density at radius 2 is 1.55 bits per heavy atom. The first kappa shape index (κ1) is 23.7. The molecule has 0 saturated carbocycles. The van der Waals surface area contributed by atoms with Crippen LogP contribution in [0.1, 0.15) is 35.2 Å². The summed E-state index contributed by atoms with van der Waals surface area (Å²) in [6, 6.07) is 26.1. The van der Waals surface area contributed by atoms with E-state index in [0.717, 1.165) is 18.5 Å². The van der Waals surface area contributed by atoms with Crippen molar-refractivity contribution in [3.8, 4) is 0 Å². The molecule has 3 aromatic rings. The highest BCUT2D eigenvalue weighted by molar-refractivity contribution is 6.06. The summed E-state index contributed by atoms with van der Waals surface area (Å²) in [6.07, 6.45) is 1.59. The second-order valence-electron chi connectivity index (χ2n) is 7.64. The second-order valence-corrected chi connectivity index (χ2v) is 7.64. The van der Waals surface area contributed by atoms with Crippen molar-refractivity contribution in [3.05, 3.63) is 96.1 Å². The molecule has 3 aromatic carbocycles. The van der Waals surface area contributed by atoms with Crippen LogP contribution < -0.4 is 10.2 Å². The number of amides is 2. The summed E-state index contributed by atoms with van der Waals surface area (Å²) in [5.74, 6) is -0.889. The van der Waals surface area contributed by atoms with Gasteiger partial charge in [-0.15, -0.1) is 0 Å². The quantitative estimate of drug-likeness (QED) is 0.358. The molecule has 0 aliphatic carbocycles. The molecule has 0 spiro atoms. The highest BCUT2D eigenvalue weighted by Gasteiger charge is 2.14. The van der Waals surface area contributed by atoms with Crippen molar-refractivity contribution in [2.24, 2.45) is 0 Å². The molecular formula is C27H28N2O4. The van der Waals surface area contributed by atoms with Crippen LogP contribution in [0, 0.1) is 0 Å². The number of aryl methyl sites for hydroxylation is 1. The van der Waals surface area contributed by atoms with Gasteiger partial charge in [0.25, 0.3) is 5.91 Å². The molecule has 0 unspecified atom stereocenters. The van der Waals surface area contributed by atoms with E-state index in [0.29, 0.717) is 17.9 Å². The Hall–Kier alpha value is -3.93. The fraction of sp³-hybridized carbons (Fsp3) is 0.222. The lowest BCUT2D eigenvalue weighted by molar-refractivity contribution is -0.144. The molecule has 3 rings (SSSR count). The van der Waals surface area contributed by atoms with E-state index in [4.69, 9.17) is 4.74 Å². The third kappa shape index (κ3) is 7.61. The fourth-order valence-electron chi connectivity index (χ4n) is 3.31. The zero-order valence-electron chi connectivity index (χ0n) is 18.7. The number of esters is 1. The van der Waals surface area contributed by atoms with Gasteiger partial charge in [0.15, 0.2) is 0 Å². The molecule has 0 fully saturated rings. The van der Waals surface area contributed by atoms with E-state index in [9.17, 15) is 14.4 Å². The summed E-state index contributed by atoms with van der Waals surface area (Å²) in [7, 11) is 1.70. The van der Waals surface area contributed by atoms with Gasteiger partial charge in [-0.05, 0) is 48.7 Å². The van der Waals surface area contributed by atoms with Crippen LogP contribution in [-0.4, -0.2) is 31.4 Å². The van der Waals surface area contributed by atoms with Crippen molar-refractivity contribution in [1.29, 1.82) is 0 Å². The first-order valence-corrected chi connectivity index (χ1v) is 11.0. The van der Waals surface area contributed by atoms with E-state index < -0.39 is 5.97 Å². The van der Waals surface area contributed by atoms with Crippen molar-refractivity contribution in [2.45, 2.75) is 25.7 Å². The van der Waals surface area contributed by atoms with Gasteiger partial charge in [-0.2, -0.15) is 0 Å². The summed E-state index contributed by atoms with van der Waals surface area (Å²) < 4.78 is 5.21. The third-order valence-corrected chi connectivity index (χ3v) is 5.11. The minimum Gasteiger partial charge on any atom is -0.466 e. The number of hydrogen-bond donors (Lipinski definition) is 1. The molecule has 6 heteroatoms. The minimum atomic E-state index is -0.397. The highest BCUT2D eigenvalue weighted by Crippen LogP contribution is 2.17. The number of ether oxygens (including phenoxy) is 1. The Balaban J connectivity index is 1.42. The SMILES string of the molecule is CN(C(=O)c1cccc(NC(=O)CCC(=O)OCCCc2ccccc2)c1)c1ccccc1. The van der Waals surface area contributed by atoms with Crippen molar-refractivity contribution in [1.82, 2.24) is 0 Å². The van der Waals surface area contributed by atoms with E-state index in [-0.39, 0.29) is 24.7 Å². The molecule has 33 heavy (non-hydrogen) atoms. The molecule has 0 aliphatic heterocycles. The van der Waals surface area contributed by atoms with Crippen molar-refractivity contribution < 1.29 is 19.1 Å². The standard InChI is InChI=1S/C27H28N2O4/c1-29(24-15-6-3-7-16-24)27(32)22-13-8-14-23(20-22)28-25(30)17-18-26(31)33-19-9-12-21-10-4-2-5-11-21/h2-8,10-11,13-16,20H,9,12,17-19H2,1H3,(H,28,30). The number of nitrogens with zero attached hydrogens (tertiary/aromatic N) is 1. The summed E-state index contributed by atoms with van der Waals surface area (Å²) in [4.78, 5) is 38.5. The predicted octanol–water partition coefficient (Wildman–Crippen LogP) is 4.86. The summed E-state index contributed by atoms with van der Waals surface area (Å²) in [5, 5.41) is 2.74. The fourth-order valence-corrected chi connectivity index (χ4v) is 3.31. The van der Waals surface area contributed by atoms with Gasteiger partial charge in [0.05, 0.1) is 13.0 Å². The molecule has 0 bridgehead atoms. The van der Waals surface area contributed by atoms with E-state index in [1.54, 1.807) is 36.2 Å². The Morgan fingerprint density at radius 1 is 0.848 bits per heavy atom. The van der Waals surface area contributed by atoms with E-state index in [1.165, 1.54) is 5.56 Å². The molecule has 0 aromatic heterocycles. The Morgan fingerprint density at radius 3 is 2.27 bits per heavy atom. The van der Waals surface area contributed by atoms with Gasteiger partial charge in [0.1, 0.15) is 0 Å². The van der Waals surface area contributed by atoms with E-state index in [2.05, 4.69) is 5.32 Å². The predicted molar refractivity (Wildman–Crippen MR) is 129 cm³/mol. The molecule has 0 radical (unpaired) electrons. The average Bonchev–Trinajstić information content (AvgIpc) is 2.86. The number of anilines is 2. The van der Waals surface area contributed by atoms with Crippen molar-refractivity contribution >= 4 is 29.2 Å². The molecule has 1 N–H and O–H groups in total. The van der Waals surface area contributed by atoms with Crippen LogP contribution in [-0.2, 0) is 20.7 Å². The molecule has 6 nitrogen and oxygen atoms in total. The first-order chi connectivity index (χ1) is 16.0. The summed E-state index contributed by atoms with van der Waals surface area (Å²) >= 11 is 0. The Bertz CT molecular complexity index is 1070. The number of rotatable bonds is 10. The van der Waals surface area contributed by atoms with Crippen LogP contribution in [0.15, 0.2) is 84.9 Å². The lowest BCUT2D eigenvalue weighted by Crippen LogP contribution is -2.26. The second kappa shape index (κ2) is 12.2. The molecule has 0 heterocycles. The topological polar surface area (TPSA) is 75.7 Å². The normalized spacial score (nSPS) is 10.3. The van der Waals surface area contributed by atoms with Gasteiger partial charge in [-0.25, -0.2) is 0 Å². The molecule has 0 saturated heterocycles. The Labute approximate surface area is 194 Å². The van der Waals surface area contributed by atoms with Crippen LogP contribution in [0.3, 0.4) is 0 Å². The number of nitrogens with one attached hydrogen (secondary N) is 1. The molecule has 170 valence electrons. The maximum Gasteiger partial charge on any atom is 0.306 e. The number of hydrogen-bond acceptors (Lipinski definition) is 4. The summed E-state index contributed by atoms with van der Waals surface area (Å²) in [5.41, 5.74) is 2.93. The summed E-state index contributed by atoms with van der Waals surface area (Å²) in [6.45, 7) is 0.328. The van der Waals surface area contributed by atoms with Gasteiger partial charge in [0.2, 0.25) is 5.91 Å². The average molecular weight is 445 g/mol. The number of carbonyl (C=O) groups is 3.